The van der Waals surface area contributed by atoms with Gasteiger partial charge in [-0.2, -0.15) is 0 Å². The van der Waals surface area contributed by atoms with Crippen LogP contribution in [0.4, 0.5) is 0 Å². The average Bonchev–Trinajstić information content (AvgIpc) is 2.76. The molecule has 2 heteroatoms. The fourth-order valence-electron chi connectivity index (χ4n) is 3.26. The second-order valence-corrected chi connectivity index (χ2v) is 5.59. The molecule has 1 aromatic rings. The molecule has 2 N–H and O–H groups in total. The minimum absolute atomic E-state index is 0.507. The Labute approximate surface area is 103 Å². The number of aliphatic hydroxyl groups is 1. The van der Waals surface area contributed by atoms with Crippen LogP contribution in [0.3, 0.4) is 0 Å². The van der Waals surface area contributed by atoms with Crippen LogP contribution in [0.15, 0.2) is 18.2 Å². The minimum atomic E-state index is -0.507. The van der Waals surface area contributed by atoms with Gasteiger partial charge in [-0.15, -0.1) is 0 Å². The van der Waals surface area contributed by atoms with Crippen molar-refractivity contribution in [1.29, 1.82) is 0 Å². The molecule has 1 unspecified atom stereocenters. The van der Waals surface area contributed by atoms with E-state index in [0.717, 1.165) is 25.9 Å². The largest absolute Gasteiger partial charge is 0.388 e. The molecule has 2 nitrogen and oxygen atoms in total. The maximum absolute atomic E-state index is 10.5. The maximum Gasteiger partial charge on any atom is 0.0823 e. The van der Waals surface area contributed by atoms with E-state index in [1.807, 2.05) is 0 Å². The quantitative estimate of drug-likeness (QED) is 0.814. The molecule has 0 radical (unpaired) electrons. The number of nitrogens with one attached hydrogen (secondary N) is 1. The van der Waals surface area contributed by atoms with Crippen LogP contribution >= 0.6 is 0 Å². The Bertz CT molecular complexity index is 407. The molecule has 0 amide bonds. The smallest absolute Gasteiger partial charge is 0.0823 e. The molecule has 1 aliphatic heterocycles. The summed E-state index contributed by atoms with van der Waals surface area (Å²) < 4.78 is 0. The molecule has 0 saturated carbocycles. The number of benzene rings is 1. The number of aryl methyl sites for hydroxylation is 1. The van der Waals surface area contributed by atoms with Crippen molar-refractivity contribution in [2.24, 2.45) is 0 Å². The molecule has 1 heterocycles. The molecular formula is C15H21NO. The van der Waals surface area contributed by atoms with Crippen LogP contribution in [0.25, 0.3) is 0 Å². The van der Waals surface area contributed by atoms with Gasteiger partial charge in [0.25, 0.3) is 0 Å². The van der Waals surface area contributed by atoms with Gasteiger partial charge in [0.15, 0.2) is 0 Å². The topological polar surface area (TPSA) is 32.3 Å². The molecule has 1 fully saturated rings. The molecular weight excluding hydrogens is 210 g/mol. The molecule has 1 aromatic carbocycles. The second-order valence-electron chi connectivity index (χ2n) is 5.59. The van der Waals surface area contributed by atoms with Gasteiger partial charge in [-0.05, 0) is 55.3 Å². The first kappa shape index (κ1) is 11.2. The van der Waals surface area contributed by atoms with Crippen molar-refractivity contribution in [3.8, 4) is 0 Å². The van der Waals surface area contributed by atoms with E-state index >= 15 is 0 Å². The van der Waals surface area contributed by atoms with Gasteiger partial charge in [0.05, 0.1) is 5.60 Å². The van der Waals surface area contributed by atoms with Gasteiger partial charge in [-0.1, -0.05) is 18.2 Å². The molecule has 0 bridgehead atoms. The van der Waals surface area contributed by atoms with Crippen molar-refractivity contribution in [2.75, 3.05) is 13.1 Å². The first-order valence-electron chi connectivity index (χ1n) is 6.80. The lowest BCUT2D eigenvalue weighted by Gasteiger charge is -2.25. The highest BCUT2D eigenvalue weighted by atomic mass is 16.3. The molecule has 1 atom stereocenters. The Morgan fingerprint density at radius 2 is 2.12 bits per heavy atom. The van der Waals surface area contributed by atoms with Crippen LogP contribution in [0.5, 0.6) is 0 Å². The zero-order valence-corrected chi connectivity index (χ0v) is 10.3. The molecule has 3 rings (SSSR count). The predicted octanol–water partition coefficient (Wildman–Crippen LogP) is 1.83. The van der Waals surface area contributed by atoms with Gasteiger partial charge in [-0.25, -0.2) is 0 Å². The average molecular weight is 231 g/mol. The molecule has 1 saturated heterocycles. The van der Waals surface area contributed by atoms with E-state index in [2.05, 4.69) is 23.5 Å². The van der Waals surface area contributed by atoms with Crippen LogP contribution < -0.4 is 5.32 Å². The Hall–Kier alpha value is -0.860. The number of hydrogen-bond donors (Lipinski definition) is 2. The van der Waals surface area contributed by atoms with Gasteiger partial charge in [0, 0.05) is 13.0 Å². The van der Waals surface area contributed by atoms with E-state index in [0.29, 0.717) is 0 Å². The van der Waals surface area contributed by atoms with Gasteiger partial charge in [0.1, 0.15) is 0 Å². The van der Waals surface area contributed by atoms with Crippen molar-refractivity contribution in [2.45, 2.75) is 44.1 Å². The highest BCUT2D eigenvalue weighted by Gasteiger charge is 2.32. The zero-order valence-electron chi connectivity index (χ0n) is 10.3. The Kier molecular flexibility index (Phi) is 2.93. The summed E-state index contributed by atoms with van der Waals surface area (Å²) in [6, 6.07) is 6.63. The van der Waals surface area contributed by atoms with Gasteiger partial charge in [-0.3, -0.25) is 0 Å². The third-order valence-electron chi connectivity index (χ3n) is 4.23. The molecule has 0 spiro atoms. The van der Waals surface area contributed by atoms with Crippen molar-refractivity contribution in [3.05, 3.63) is 34.9 Å². The van der Waals surface area contributed by atoms with Gasteiger partial charge < -0.3 is 10.4 Å². The Balaban J connectivity index is 1.87. The van der Waals surface area contributed by atoms with Crippen LogP contribution in [-0.2, 0) is 19.3 Å². The molecule has 2 aliphatic rings. The molecule has 0 aromatic heterocycles. The Morgan fingerprint density at radius 3 is 2.94 bits per heavy atom. The van der Waals surface area contributed by atoms with E-state index in [1.165, 1.54) is 42.4 Å². The van der Waals surface area contributed by atoms with Gasteiger partial charge >= 0.3 is 0 Å². The zero-order chi connectivity index (χ0) is 11.7. The van der Waals surface area contributed by atoms with Crippen molar-refractivity contribution in [1.82, 2.24) is 5.32 Å². The maximum atomic E-state index is 10.5. The van der Waals surface area contributed by atoms with Crippen molar-refractivity contribution >= 4 is 0 Å². The van der Waals surface area contributed by atoms with Crippen LogP contribution in [0.2, 0.25) is 0 Å². The summed E-state index contributed by atoms with van der Waals surface area (Å²) in [7, 11) is 0. The summed E-state index contributed by atoms with van der Waals surface area (Å²) in [5, 5.41) is 13.7. The number of β-amino-alcohol motifs (C(OH)–C–C–N with tert-alkyl or cyclic N) is 1. The van der Waals surface area contributed by atoms with E-state index in [-0.39, 0.29) is 0 Å². The van der Waals surface area contributed by atoms with Crippen LogP contribution in [-0.4, -0.2) is 23.8 Å². The van der Waals surface area contributed by atoms with E-state index in [9.17, 15) is 5.11 Å². The van der Waals surface area contributed by atoms with Crippen LogP contribution in [0, 0.1) is 0 Å². The highest BCUT2D eigenvalue weighted by Crippen LogP contribution is 2.28. The SMILES string of the molecule is OC1(Cc2cccc3c2CCCC3)CCNC1. The third kappa shape index (κ3) is 2.24. The summed E-state index contributed by atoms with van der Waals surface area (Å²) in [6.07, 6.45) is 6.76. The Morgan fingerprint density at radius 1 is 1.24 bits per heavy atom. The number of fused-ring (bicyclic) bond motifs is 1. The summed E-state index contributed by atoms with van der Waals surface area (Å²) in [5.74, 6) is 0. The minimum Gasteiger partial charge on any atom is -0.388 e. The lowest BCUT2D eigenvalue weighted by atomic mass is 9.83. The van der Waals surface area contributed by atoms with Gasteiger partial charge in [0.2, 0.25) is 0 Å². The monoisotopic (exact) mass is 231 g/mol. The second kappa shape index (κ2) is 4.43. The lowest BCUT2D eigenvalue weighted by Crippen LogP contribution is -2.34. The highest BCUT2D eigenvalue weighted by molar-refractivity contribution is 5.38. The first-order chi connectivity index (χ1) is 8.27. The summed E-state index contributed by atoms with van der Waals surface area (Å²) in [6.45, 7) is 1.70. The predicted molar refractivity (Wildman–Crippen MR) is 69.2 cm³/mol. The summed E-state index contributed by atoms with van der Waals surface area (Å²) in [4.78, 5) is 0. The van der Waals surface area contributed by atoms with E-state index in [4.69, 9.17) is 0 Å². The lowest BCUT2D eigenvalue weighted by molar-refractivity contribution is 0.0616. The molecule has 17 heavy (non-hydrogen) atoms. The number of rotatable bonds is 2. The number of hydrogen-bond acceptors (Lipinski definition) is 2. The van der Waals surface area contributed by atoms with E-state index < -0.39 is 5.60 Å². The summed E-state index contributed by atoms with van der Waals surface area (Å²) >= 11 is 0. The fourth-order valence-corrected chi connectivity index (χ4v) is 3.26. The van der Waals surface area contributed by atoms with E-state index in [1.54, 1.807) is 0 Å². The van der Waals surface area contributed by atoms with Crippen molar-refractivity contribution in [3.63, 3.8) is 0 Å². The standard InChI is InChI=1S/C15H21NO/c17-15(8-9-16-11-15)10-13-6-3-5-12-4-1-2-7-14(12)13/h3,5-6,16-17H,1-2,4,7-11H2. The summed E-state index contributed by atoms with van der Waals surface area (Å²) in [5.41, 5.74) is 3.92. The molecule has 1 aliphatic carbocycles. The molecule has 92 valence electrons. The van der Waals surface area contributed by atoms with Crippen molar-refractivity contribution < 1.29 is 5.11 Å². The normalized spacial score (nSPS) is 28.1. The first-order valence-corrected chi connectivity index (χ1v) is 6.80. The fraction of sp³-hybridized carbons (Fsp3) is 0.600. The van der Waals surface area contributed by atoms with Crippen LogP contribution in [0.1, 0.15) is 36.0 Å². The third-order valence-corrected chi connectivity index (χ3v) is 4.23.